The van der Waals surface area contributed by atoms with Gasteiger partial charge in [-0.25, -0.2) is 0 Å². The van der Waals surface area contributed by atoms with Crippen LogP contribution in [0, 0.1) is 5.41 Å². The minimum absolute atomic E-state index is 0. The van der Waals surface area contributed by atoms with Gasteiger partial charge in [-0.3, -0.25) is 4.79 Å². The van der Waals surface area contributed by atoms with Crippen molar-refractivity contribution in [3.05, 3.63) is 0 Å². The molecule has 1 rings (SSSR count). The molecule has 0 saturated heterocycles. The quantitative estimate of drug-likeness (QED) is 0.760. The van der Waals surface area contributed by atoms with Crippen LogP contribution in [0.2, 0.25) is 0 Å². The van der Waals surface area contributed by atoms with E-state index in [2.05, 4.69) is 19.2 Å². The number of carbonyl (C=O) groups is 1. The summed E-state index contributed by atoms with van der Waals surface area (Å²) in [5.74, 6) is -0.0197. The molecule has 0 aromatic rings. The lowest BCUT2D eigenvalue weighted by atomic mass is 9.54. The fourth-order valence-electron chi connectivity index (χ4n) is 2.86. The molecule has 0 heterocycles. The number of nitrogens with one attached hydrogen (secondary N) is 1. The standard InChI is InChI=1S/C15H30N2O2.ClH/c1-6-9-11(7-2)17-13(18)15(16)10-12(19-8-3)14(15,4)5;/h11-12H,6-10,16H2,1-5H3,(H,17,18);1H. The van der Waals surface area contributed by atoms with Crippen molar-refractivity contribution in [3.8, 4) is 0 Å². The Morgan fingerprint density at radius 3 is 2.40 bits per heavy atom. The van der Waals surface area contributed by atoms with E-state index in [0.29, 0.717) is 13.0 Å². The van der Waals surface area contributed by atoms with Crippen molar-refractivity contribution < 1.29 is 9.53 Å². The van der Waals surface area contributed by atoms with Crippen LogP contribution in [0.3, 0.4) is 0 Å². The van der Waals surface area contributed by atoms with Crippen molar-refractivity contribution in [1.29, 1.82) is 0 Å². The van der Waals surface area contributed by atoms with Gasteiger partial charge in [-0.15, -0.1) is 12.4 Å². The van der Waals surface area contributed by atoms with E-state index in [9.17, 15) is 4.79 Å². The van der Waals surface area contributed by atoms with Gasteiger partial charge in [0, 0.05) is 24.5 Å². The molecule has 1 amide bonds. The third kappa shape index (κ3) is 3.46. The molecule has 3 N–H and O–H groups in total. The normalized spacial score (nSPS) is 29.0. The average molecular weight is 307 g/mol. The van der Waals surface area contributed by atoms with Crippen LogP contribution in [0.5, 0.6) is 0 Å². The third-order valence-corrected chi connectivity index (χ3v) is 4.70. The molecule has 0 aromatic carbocycles. The molecule has 4 nitrogen and oxygen atoms in total. The minimum Gasteiger partial charge on any atom is -0.378 e. The molecule has 1 saturated carbocycles. The molecule has 3 unspecified atom stereocenters. The van der Waals surface area contributed by atoms with Gasteiger partial charge in [0.05, 0.1) is 6.10 Å². The largest absolute Gasteiger partial charge is 0.378 e. The highest BCUT2D eigenvalue weighted by molar-refractivity contribution is 5.89. The molecule has 5 heteroatoms. The molecule has 1 fully saturated rings. The Kier molecular flexibility index (Phi) is 7.50. The van der Waals surface area contributed by atoms with Crippen molar-refractivity contribution in [2.45, 2.75) is 78.0 Å². The molecule has 0 aliphatic heterocycles. The SMILES string of the molecule is CCCC(CC)NC(=O)C1(N)CC(OCC)C1(C)C.Cl. The number of halogens is 1. The van der Waals surface area contributed by atoms with Crippen LogP contribution in [-0.2, 0) is 9.53 Å². The van der Waals surface area contributed by atoms with Crippen LogP contribution in [0.25, 0.3) is 0 Å². The molecule has 120 valence electrons. The lowest BCUT2D eigenvalue weighted by Gasteiger charge is -2.57. The summed E-state index contributed by atoms with van der Waals surface area (Å²) in [5, 5.41) is 3.11. The van der Waals surface area contributed by atoms with Crippen LogP contribution in [-0.4, -0.2) is 30.2 Å². The van der Waals surface area contributed by atoms with Crippen molar-refractivity contribution in [1.82, 2.24) is 5.32 Å². The molecule has 1 aliphatic carbocycles. The zero-order chi connectivity index (χ0) is 14.7. The van der Waals surface area contributed by atoms with E-state index >= 15 is 0 Å². The predicted molar refractivity (Wildman–Crippen MR) is 85.1 cm³/mol. The summed E-state index contributed by atoms with van der Waals surface area (Å²) in [6.07, 6.45) is 3.72. The van der Waals surface area contributed by atoms with Gasteiger partial charge < -0.3 is 15.8 Å². The Labute approximate surface area is 129 Å². The fraction of sp³-hybridized carbons (Fsp3) is 0.933. The summed E-state index contributed by atoms with van der Waals surface area (Å²) in [6.45, 7) is 10.9. The number of hydrogen-bond acceptors (Lipinski definition) is 3. The highest BCUT2D eigenvalue weighted by Crippen LogP contribution is 2.49. The fourth-order valence-corrected chi connectivity index (χ4v) is 2.86. The van der Waals surface area contributed by atoms with E-state index in [1.165, 1.54) is 0 Å². The third-order valence-electron chi connectivity index (χ3n) is 4.70. The smallest absolute Gasteiger partial charge is 0.241 e. The Morgan fingerprint density at radius 2 is 2.00 bits per heavy atom. The number of ether oxygens (including phenoxy) is 1. The lowest BCUT2D eigenvalue weighted by molar-refractivity contribution is -0.171. The first kappa shape index (κ1) is 19.7. The maximum atomic E-state index is 12.5. The second-order valence-corrected chi connectivity index (χ2v) is 6.21. The van der Waals surface area contributed by atoms with Crippen LogP contribution < -0.4 is 11.1 Å². The monoisotopic (exact) mass is 306 g/mol. The molecular weight excluding hydrogens is 276 g/mol. The number of hydrogen-bond donors (Lipinski definition) is 2. The predicted octanol–water partition coefficient (Wildman–Crippen LogP) is 2.64. The molecule has 0 spiro atoms. The van der Waals surface area contributed by atoms with Gasteiger partial charge in [0.2, 0.25) is 5.91 Å². The van der Waals surface area contributed by atoms with Gasteiger partial charge in [0.15, 0.2) is 0 Å². The van der Waals surface area contributed by atoms with Crippen LogP contribution in [0.1, 0.15) is 60.3 Å². The first-order chi connectivity index (χ1) is 8.83. The minimum atomic E-state index is -0.798. The Hall–Kier alpha value is -0.320. The van der Waals surface area contributed by atoms with Gasteiger partial charge in [-0.05, 0) is 19.8 Å². The molecular formula is C15H31ClN2O2. The number of amides is 1. The molecule has 0 radical (unpaired) electrons. The Balaban J connectivity index is 0.00000361. The average Bonchev–Trinajstić information content (AvgIpc) is 2.37. The van der Waals surface area contributed by atoms with Crippen molar-refractivity contribution >= 4 is 18.3 Å². The topological polar surface area (TPSA) is 64.4 Å². The number of nitrogens with two attached hydrogens (primary N) is 1. The van der Waals surface area contributed by atoms with Crippen LogP contribution >= 0.6 is 12.4 Å². The van der Waals surface area contributed by atoms with Gasteiger partial charge in [0.25, 0.3) is 0 Å². The molecule has 0 aromatic heterocycles. The van der Waals surface area contributed by atoms with Crippen molar-refractivity contribution in [2.24, 2.45) is 11.1 Å². The van der Waals surface area contributed by atoms with Gasteiger partial charge in [-0.2, -0.15) is 0 Å². The molecule has 1 aliphatic rings. The summed E-state index contributed by atoms with van der Waals surface area (Å²) in [6, 6.07) is 0.236. The van der Waals surface area contributed by atoms with E-state index in [1.807, 2.05) is 20.8 Å². The summed E-state index contributed by atoms with van der Waals surface area (Å²) in [7, 11) is 0. The number of rotatable bonds is 7. The lowest BCUT2D eigenvalue weighted by Crippen LogP contribution is -2.76. The van der Waals surface area contributed by atoms with E-state index in [-0.39, 0.29) is 35.9 Å². The summed E-state index contributed by atoms with van der Waals surface area (Å²) < 4.78 is 5.66. The van der Waals surface area contributed by atoms with E-state index < -0.39 is 5.54 Å². The Bertz CT molecular complexity index is 323. The molecule has 0 bridgehead atoms. The van der Waals surface area contributed by atoms with Crippen molar-refractivity contribution in [2.75, 3.05) is 6.61 Å². The zero-order valence-electron chi connectivity index (χ0n) is 13.5. The first-order valence-corrected chi connectivity index (χ1v) is 7.54. The van der Waals surface area contributed by atoms with Gasteiger partial charge in [-0.1, -0.05) is 34.1 Å². The van der Waals surface area contributed by atoms with Crippen LogP contribution in [0.15, 0.2) is 0 Å². The summed E-state index contributed by atoms with van der Waals surface area (Å²) in [4.78, 5) is 12.5. The number of carbonyl (C=O) groups excluding carboxylic acids is 1. The summed E-state index contributed by atoms with van der Waals surface area (Å²) in [5.41, 5.74) is 5.25. The first-order valence-electron chi connectivity index (χ1n) is 7.54. The van der Waals surface area contributed by atoms with Gasteiger partial charge in [0.1, 0.15) is 5.54 Å². The van der Waals surface area contributed by atoms with Gasteiger partial charge >= 0.3 is 0 Å². The van der Waals surface area contributed by atoms with Crippen molar-refractivity contribution in [3.63, 3.8) is 0 Å². The highest BCUT2D eigenvalue weighted by atomic mass is 35.5. The Morgan fingerprint density at radius 1 is 1.40 bits per heavy atom. The van der Waals surface area contributed by atoms with Crippen LogP contribution in [0.4, 0.5) is 0 Å². The maximum absolute atomic E-state index is 12.5. The second-order valence-electron chi connectivity index (χ2n) is 6.21. The molecule has 3 atom stereocenters. The second kappa shape index (κ2) is 7.62. The van der Waals surface area contributed by atoms with E-state index in [4.69, 9.17) is 10.5 Å². The van der Waals surface area contributed by atoms with E-state index in [0.717, 1.165) is 19.3 Å². The zero-order valence-corrected chi connectivity index (χ0v) is 14.3. The summed E-state index contributed by atoms with van der Waals surface area (Å²) >= 11 is 0. The molecule has 20 heavy (non-hydrogen) atoms. The maximum Gasteiger partial charge on any atom is 0.241 e. The van der Waals surface area contributed by atoms with E-state index in [1.54, 1.807) is 0 Å². The highest BCUT2D eigenvalue weighted by Gasteiger charge is 2.62.